The van der Waals surface area contributed by atoms with E-state index in [9.17, 15) is 18.0 Å². The minimum atomic E-state index is -4.02. The van der Waals surface area contributed by atoms with E-state index in [-0.39, 0.29) is 27.0 Å². The predicted octanol–water partition coefficient (Wildman–Crippen LogP) is 5.39. The molecule has 36 heavy (non-hydrogen) atoms. The number of sulfonamides is 1. The molecule has 0 spiro atoms. The summed E-state index contributed by atoms with van der Waals surface area (Å²) in [6, 6.07) is 24.4. The first-order valence-electron chi connectivity index (χ1n) is 10.9. The SMILES string of the molecule is O=C1c2ccccc2-c2nn(C(=O)c3cccc(S(=O)(=O)Nc4ccccc4Cl)c3)c3cccc1c23. The summed E-state index contributed by atoms with van der Waals surface area (Å²) >= 11 is 6.10. The Morgan fingerprint density at radius 2 is 1.53 bits per heavy atom. The molecule has 7 nitrogen and oxygen atoms in total. The van der Waals surface area contributed by atoms with Crippen molar-refractivity contribution in [3.63, 3.8) is 0 Å². The number of carbonyl (C=O) groups is 2. The monoisotopic (exact) mass is 513 g/mol. The van der Waals surface area contributed by atoms with Crippen molar-refractivity contribution >= 4 is 49.9 Å². The second-order valence-corrected chi connectivity index (χ2v) is 10.3. The molecule has 0 amide bonds. The van der Waals surface area contributed by atoms with Crippen LogP contribution in [0.2, 0.25) is 5.02 Å². The zero-order valence-corrected chi connectivity index (χ0v) is 20.0. The Labute approximate surface area is 211 Å². The number of halogens is 1. The zero-order valence-electron chi connectivity index (χ0n) is 18.5. The standard InChI is InChI=1S/C27H16ClN3O4S/c28-21-12-3-4-13-22(21)30-36(34,35)17-8-5-7-16(15-17)27(33)31-23-14-6-11-20-24(23)25(29-31)18-9-1-2-10-19(18)26(20)32/h1-15,30H. The Morgan fingerprint density at radius 3 is 2.33 bits per heavy atom. The van der Waals surface area contributed by atoms with E-state index in [1.165, 1.54) is 28.9 Å². The number of benzene rings is 4. The first kappa shape index (κ1) is 22.2. The maximum absolute atomic E-state index is 13.6. The van der Waals surface area contributed by atoms with E-state index >= 15 is 0 Å². The lowest BCUT2D eigenvalue weighted by Gasteiger charge is -2.13. The van der Waals surface area contributed by atoms with Crippen molar-refractivity contribution in [2.75, 3.05) is 4.72 Å². The molecule has 1 aromatic heterocycles. The van der Waals surface area contributed by atoms with Gasteiger partial charge in [0.15, 0.2) is 5.78 Å². The molecule has 176 valence electrons. The summed E-state index contributed by atoms with van der Waals surface area (Å²) in [5, 5.41) is 5.42. The maximum Gasteiger partial charge on any atom is 0.278 e. The predicted molar refractivity (Wildman–Crippen MR) is 137 cm³/mol. The molecular formula is C27H16ClN3O4S. The van der Waals surface area contributed by atoms with Crippen molar-refractivity contribution in [1.29, 1.82) is 0 Å². The molecule has 0 aliphatic heterocycles. The molecule has 0 fully saturated rings. The van der Waals surface area contributed by atoms with Crippen LogP contribution in [0.4, 0.5) is 5.69 Å². The second kappa shape index (κ2) is 8.15. The number of fused-ring (bicyclic) bond motifs is 2. The summed E-state index contributed by atoms with van der Waals surface area (Å²) in [4.78, 5) is 26.6. The average Bonchev–Trinajstić information content (AvgIpc) is 3.29. The third kappa shape index (κ3) is 3.42. The number of ketones is 1. The summed E-state index contributed by atoms with van der Waals surface area (Å²) in [5.41, 5.74) is 3.00. The molecular weight excluding hydrogens is 498 g/mol. The molecule has 1 aliphatic rings. The van der Waals surface area contributed by atoms with Crippen LogP contribution in [-0.2, 0) is 10.0 Å². The van der Waals surface area contributed by atoms with Crippen LogP contribution in [-0.4, -0.2) is 29.9 Å². The molecule has 0 bridgehead atoms. The quantitative estimate of drug-likeness (QED) is 0.341. The lowest BCUT2D eigenvalue weighted by molar-refractivity contribution is 0.0950. The molecule has 0 radical (unpaired) electrons. The molecule has 1 N–H and O–H groups in total. The Hall–Kier alpha value is -4.27. The van der Waals surface area contributed by atoms with Crippen LogP contribution < -0.4 is 4.72 Å². The molecule has 0 saturated carbocycles. The largest absolute Gasteiger partial charge is 0.289 e. The molecule has 6 rings (SSSR count). The van der Waals surface area contributed by atoms with Gasteiger partial charge >= 0.3 is 0 Å². The molecule has 0 unspecified atom stereocenters. The summed E-state index contributed by atoms with van der Waals surface area (Å²) < 4.78 is 29.7. The number of carbonyl (C=O) groups excluding carboxylic acids is 2. The van der Waals surface area contributed by atoms with E-state index in [1.54, 1.807) is 60.7 Å². The fourth-order valence-corrected chi connectivity index (χ4v) is 5.77. The first-order valence-corrected chi connectivity index (χ1v) is 12.8. The molecule has 4 aromatic carbocycles. The lowest BCUT2D eigenvalue weighted by atomic mass is 9.87. The number of rotatable bonds is 4. The highest BCUT2D eigenvalue weighted by Gasteiger charge is 2.30. The Kier molecular flexibility index (Phi) is 5.03. The van der Waals surface area contributed by atoms with Crippen LogP contribution in [0.15, 0.2) is 95.9 Å². The van der Waals surface area contributed by atoms with Crippen LogP contribution in [0.5, 0.6) is 0 Å². The van der Waals surface area contributed by atoms with Crippen LogP contribution in [0.1, 0.15) is 26.3 Å². The molecule has 1 aliphatic carbocycles. The Balaban J connectivity index is 1.44. The minimum absolute atomic E-state index is 0.101. The summed E-state index contributed by atoms with van der Waals surface area (Å²) in [5.74, 6) is -0.653. The highest BCUT2D eigenvalue weighted by Crippen LogP contribution is 2.39. The first-order chi connectivity index (χ1) is 17.3. The number of nitrogens with one attached hydrogen (secondary N) is 1. The number of aromatic nitrogens is 2. The van der Waals surface area contributed by atoms with Gasteiger partial charge in [0.1, 0.15) is 5.69 Å². The molecule has 0 atom stereocenters. The van der Waals surface area contributed by atoms with Gasteiger partial charge in [0.05, 0.1) is 21.1 Å². The third-order valence-corrected chi connectivity index (χ3v) is 7.77. The van der Waals surface area contributed by atoms with Gasteiger partial charge in [-0.2, -0.15) is 9.78 Å². The number of nitrogens with zero attached hydrogens (tertiary/aromatic N) is 2. The Morgan fingerprint density at radius 1 is 0.833 bits per heavy atom. The fraction of sp³-hybridized carbons (Fsp3) is 0. The van der Waals surface area contributed by atoms with Gasteiger partial charge in [-0.15, -0.1) is 0 Å². The normalized spacial score (nSPS) is 12.4. The van der Waals surface area contributed by atoms with Gasteiger partial charge < -0.3 is 0 Å². The van der Waals surface area contributed by atoms with E-state index in [4.69, 9.17) is 11.6 Å². The van der Waals surface area contributed by atoms with Crippen LogP contribution in [0.3, 0.4) is 0 Å². The smallest absolute Gasteiger partial charge is 0.278 e. The second-order valence-electron chi connectivity index (χ2n) is 8.25. The summed E-state index contributed by atoms with van der Waals surface area (Å²) in [7, 11) is -4.02. The van der Waals surface area contributed by atoms with Gasteiger partial charge in [-0.25, -0.2) is 8.42 Å². The number of para-hydroxylation sites is 1. The molecule has 5 aromatic rings. The average molecular weight is 514 g/mol. The van der Waals surface area contributed by atoms with Crippen molar-refractivity contribution in [2.45, 2.75) is 4.90 Å². The van der Waals surface area contributed by atoms with Gasteiger partial charge in [-0.05, 0) is 36.4 Å². The highest BCUT2D eigenvalue weighted by molar-refractivity contribution is 7.92. The van der Waals surface area contributed by atoms with E-state index in [2.05, 4.69) is 9.82 Å². The summed E-state index contributed by atoms with van der Waals surface area (Å²) in [6.07, 6.45) is 0. The van der Waals surface area contributed by atoms with E-state index in [0.29, 0.717) is 33.3 Å². The van der Waals surface area contributed by atoms with Crippen molar-refractivity contribution in [1.82, 2.24) is 9.78 Å². The summed E-state index contributed by atoms with van der Waals surface area (Å²) in [6.45, 7) is 0. The Bertz CT molecular complexity index is 1840. The highest BCUT2D eigenvalue weighted by atomic mass is 35.5. The van der Waals surface area contributed by atoms with Crippen molar-refractivity contribution in [3.8, 4) is 11.3 Å². The third-order valence-electron chi connectivity index (χ3n) is 6.08. The number of hydrogen-bond donors (Lipinski definition) is 1. The van der Waals surface area contributed by atoms with Gasteiger partial charge in [-0.1, -0.05) is 66.2 Å². The van der Waals surface area contributed by atoms with Crippen LogP contribution in [0.25, 0.3) is 22.2 Å². The van der Waals surface area contributed by atoms with Gasteiger partial charge in [0.25, 0.3) is 15.9 Å². The molecule has 9 heteroatoms. The van der Waals surface area contributed by atoms with Crippen molar-refractivity contribution < 1.29 is 18.0 Å². The van der Waals surface area contributed by atoms with Crippen LogP contribution in [0, 0.1) is 0 Å². The van der Waals surface area contributed by atoms with E-state index < -0.39 is 15.9 Å². The lowest BCUT2D eigenvalue weighted by Crippen LogP contribution is -2.16. The zero-order chi connectivity index (χ0) is 25.0. The van der Waals surface area contributed by atoms with Gasteiger partial charge in [-0.3, -0.25) is 14.3 Å². The molecule has 1 heterocycles. The van der Waals surface area contributed by atoms with Gasteiger partial charge in [0, 0.05) is 27.6 Å². The maximum atomic E-state index is 13.6. The fourth-order valence-electron chi connectivity index (χ4n) is 4.40. The number of anilines is 1. The molecule has 0 saturated heterocycles. The van der Waals surface area contributed by atoms with Crippen molar-refractivity contribution in [3.05, 3.63) is 113 Å². The minimum Gasteiger partial charge on any atom is -0.289 e. The van der Waals surface area contributed by atoms with E-state index in [0.717, 1.165) is 0 Å². The topological polar surface area (TPSA) is 98.1 Å². The van der Waals surface area contributed by atoms with Gasteiger partial charge in [0.2, 0.25) is 0 Å². The number of hydrogen-bond acceptors (Lipinski definition) is 5. The van der Waals surface area contributed by atoms with Crippen LogP contribution >= 0.6 is 11.6 Å². The van der Waals surface area contributed by atoms with E-state index in [1.807, 2.05) is 6.07 Å². The van der Waals surface area contributed by atoms with Crippen molar-refractivity contribution in [2.24, 2.45) is 0 Å².